The van der Waals surface area contributed by atoms with Crippen molar-refractivity contribution >= 4 is 16.9 Å². The van der Waals surface area contributed by atoms with Crippen LogP contribution in [0.4, 0.5) is 0 Å². The Kier molecular flexibility index (Phi) is 5.34. The summed E-state index contributed by atoms with van der Waals surface area (Å²) in [6, 6.07) is 17.4. The summed E-state index contributed by atoms with van der Waals surface area (Å²) in [4.78, 5) is 17.1. The van der Waals surface area contributed by atoms with E-state index in [1.165, 1.54) is 0 Å². The van der Waals surface area contributed by atoms with Gasteiger partial charge in [0.15, 0.2) is 0 Å². The number of imidazole rings is 1. The number of nitrogens with zero attached hydrogens (tertiary/aromatic N) is 2. The molecule has 2 aromatic carbocycles. The third kappa shape index (κ3) is 4.28. The molecule has 2 heterocycles. The summed E-state index contributed by atoms with van der Waals surface area (Å²) in [5.74, 6) is 1.46. The number of amides is 1. The van der Waals surface area contributed by atoms with Crippen LogP contribution in [0.5, 0.6) is 5.75 Å². The number of rotatable bonds is 7. The van der Waals surface area contributed by atoms with Crippen LogP contribution in [0.2, 0.25) is 0 Å². The van der Waals surface area contributed by atoms with Gasteiger partial charge in [0.25, 0.3) is 0 Å². The van der Waals surface area contributed by atoms with Gasteiger partial charge in [-0.2, -0.15) is 0 Å². The van der Waals surface area contributed by atoms with E-state index >= 15 is 0 Å². The van der Waals surface area contributed by atoms with Crippen molar-refractivity contribution in [2.24, 2.45) is 0 Å². The Morgan fingerprint density at radius 2 is 2.00 bits per heavy atom. The van der Waals surface area contributed by atoms with E-state index in [-0.39, 0.29) is 18.6 Å². The first-order valence-corrected chi connectivity index (χ1v) is 9.30. The third-order valence-corrected chi connectivity index (χ3v) is 4.70. The van der Waals surface area contributed by atoms with Crippen LogP contribution >= 0.6 is 0 Å². The molecule has 0 unspecified atom stereocenters. The maximum atomic E-state index is 12.5. The quantitative estimate of drug-likeness (QED) is 0.699. The lowest BCUT2D eigenvalue weighted by Crippen LogP contribution is -2.34. The number of nitrogens with one attached hydrogen (secondary N) is 1. The zero-order valence-electron chi connectivity index (χ0n) is 15.1. The highest BCUT2D eigenvalue weighted by Gasteiger charge is 2.18. The molecule has 27 heavy (non-hydrogen) atoms. The Labute approximate surface area is 158 Å². The van der Waals surface area contributed by atoms with Gasteiger partial charge in [-0.3, -0.25) is 4.79 Å². The molecule has 6 heteroatoms. The van der Waals surface area contributed by atoms with Gasteiger partial charge in [0.05, 0.1) is 17.1 Å². The van der Waals surface area contributed by atoms with Crippen molar-refractivity contribution in [2.45, 2.75) is 32.1 Å². The number of carbonyl (C=O) groups is 1. The maximum absolute atomic E-state index is 12.5. The molecule has 1 amide bonds. The average Bonchev–Trinajstić information content (AvgIpc) is 3.34. The summed E-state index contributed by atoms with van der Waals surface area (Å²) in [6.45, 7) is 1.85. The van der Waals surface area contributed by atoms with E-state index in [1.807, 2.05) is 59.2 Å². The SMILES string of the molecule is O=C(Cn1c(COc2ccccc2)nc2ccccc21)NC[C@H]1CCCO1. The predicted molar refractivity (Wildman–Crippen MR) is 102 cm³/mol. The lowest BCUT2D eigenvalue weighted by atomic mass is 10.2. The van der Waals surface area contributed by atoms with Crippen molar-refractivity contribution in [3.05, 3.63) is 60.4 Å². The molecule has 0 bridgehead atoms. The van der Waals surface area contributed by atoms with Gasteiger partial charge in [-0.15, -0.1) is 0 Å². The number of hydrogen-bond acceptors (Lipinski definition) is 4. The molecular weight excluding hydrogens is 342 g/mol. The summed E-state index contributed by atoms with van der Waals surface area (Å²) in [6.07, 6.45) is 2.20. The minimum atomic E-state index is -0.0467. The van der Waals surface area contributed by atoms with Crippen molar-refractivity contribution in [1.82, 2.24) is 14.9 Å². The van der Waals surface area contributed by atoms with E-state index in [9.17, 15) is 4.79 Å². The van der Waals surface area contributed by atoms with E-state index < -0.39 is 0 Å². The lowest BCUT2D eigenvalue weighted by Gasteiger charge is -2.13. The molecule has 1 fully saturated rings. The monoisotopic (exact) mass is 365 g/mol. The molecule has 1 atom stereocenters. The van der Waals surface area contributed by atoms with Crippen LogP contribution in [0.15, 0.2) is 54.6 Å². The fourth-order valence-corrected chi connectivity index (χ4v) is 3.31. The van der Waals surface area contributed by atoms with Gasteiger partial charge in [-0.1, -0.05) is 30.3 Å². The fraction of sp³-hybridized carbons (Fsp3) is 0.333. The van der Waals surface area contributed by atoms with Gasteiger partial charge in [0.1, 0.15) is 24.7 Å². The van der Waals surface area contributed by atoms with Crippen LogP contribution in [0.1, 0.15) is 18.7 Å². The largest absolute Gasteiger partial charge is 0.486 e. The second-order valence-corrected chi connectivity index (χ2v) is 6.64. The van der Waals surface area contributed by atoms with Gasteiger partial charge in [0.2, 0.25) is 5.91 Å². The van der Waals surface area contributed by atoms with Crippen LogP contribution in [-0.4, -0.2) is 34.7 Å². The molecule has 1 saturated heterocycles. The number of carbonyl (C=O) groups excluding carboxylic acids is 1. The normalized spacial score (nSPS) is 16.5. The Morgan fingerprint density at radius 3 is 2.81 bits per heavy atom. The first-order valence-electron chi connectivity index (χ1n) is 9.30. The van der Waals surface area contributed by atoms with Gasteiger partial charge in [-0.25, -0.2) is 4.98 Å². The van der Waals surface area contributed by atoms with Crippen LogP contribution in [0, 0.1) is 0 Å². The molecule has 6 nitrogen and oxygen atoms in total. The average molecular weight is 365 g/mol. The molecule has 0 aliphatic carbocycles. The summed E-state index contributed by atoms with van der Waals surface area (Å²) < 4.78 is 13.3. The standard InChI is InChI=1S/C21H23N3O3/c25-21(22-13-17-9-6-12-26-17)14-24-19-11-5-4-10-18(19)23-20(24)15-27-16-7-2-1-3-8-16/h1-5,7-8,10-11,17H,6,9,12-15H2,(H,22,25)/t17-/m1/s1. The number of fused-ring (bicyclic) bond motifs is 1. The van der Waals surface area contributed by atoms with Crippen molar-refractivity contribution in [2.75, 3.05) is 13.2 Å². The first-order chi connectivity index (χ1) is 13.3. The van der Waals surface area contributed by atoms with Crippen LogP contribution in [0.3, 0.4) is 0 Å². The summed E-state index contributed by atoms with van der Waals surface area (Å²) >= 11 is 0. The Bertz CT molecular complexity index is 901. The highest BCUT2D eigenvalue weighted by molar-refractivity contribution is 5.81. The van der Waals surface area contributed by atoms with Crippen LogP contribution in [0.25, 0.3) is 11.0 Å². The maximum Gasteiger partial charge on any atom is 0.240 e. The van der Waals surface area contributed by atoms with E-state index in [0.29, 0.717) is 13.2 Å². The Hall–Kier alpha value is -2.86. The Morgan fingerprint density at radius 1 is 1.19 bits per heavy atom. The predicted octanol–water partition coefficient (Wildman–Crippen LogP) is 2.91. The molecule has 0 radical (unpaired) electrons. The molecule has 0 spiro atoms. The Balaban J connectivity index is 1.48. The number of benzene rings is 2. The van der Waals surface area contributed by atoms with E-state index in [4.69, 9.17) is 9.47 Å². The highest BCUT2D eigenvalue weighted by Crippen LogP contribution is 2.18. The van der Waals surface area contributed by atoms with Crippen molar-refractivity contribution < 1.29 is 14.3 Å². The first kappa shape index (κ1) is 17.5. The molecule has 1 aromatic heterocycles. The second kappa shape index (κ2) is 8.22. The second-order valence-electron chi connectivity index (χ2n) is 6.64. The third-order valence-electron chi connectivity index (χ3n) is 4.70. The minimum Gasteiger partial charge on any atom is -0.486 e. The molecule has 3 aromatic rings. The van der Waals surface area contributed by atoms with Gasteiger partial charge >= 0.3 is 0 Å². The zero-order valence-corrected chi connectivity index (χ0v) is 15.1. The number of ether oxygens (including phenoxy) is 2. The topological polar surface area (TPSA) is 65.4 Å². The van der Waals surface area contributed by atoms with Crippen molar-refractivity contribution in [3.8, 4) is 5.75 Å². The minimum absolute atomic E-state index is 0.0467. The van der Waals surface area contributed by atoms with E-state index in [2.05, 4.69) is 10.3 Å². The zero-order chi connectivity index (χ0) is 18.5. The molecular formula is C21H23N3O3. The van der Waals surface area contributed by atoms with Gasteiger partial charge in [0, 0.05) is 13.2 Å². The summed E-state index contributed by atoms with van der Waals surface area (Å²) in [5, 5.41) is 2.98. The van der Waals surface area contributed by atoms with Crippen molar-refractivity contribution in [3.63, 3.8) is 0 Å². The van der Waals surface area contributed by atoms with Crippen LogP contribution in [-0.2, 0) is 22.7 Å². The lowest BCUT2D eigenvalue weighted by molar-refractivity contribution is -0.122. The fourth-order valence-electron chi connectivity index (χ4n) is 3.31. The molecule has 1 aliphatic rings. The number of para-hydroxylation sites is 3. The van der Waals surface area contributed by atoms with Gasteiger partial charge in [-0.05, 0) is 37.1 Å². The molecule has 1 aliphatic heterocycles. The highest BCUT2D eigenvalue weighted by atomic mass is 16.5. The molecule has 4 rings (SSSR count). The van der Waals surface area contributed by atoms with Crippen LogP contribution < -0.4 is 10.1 Å². The summed E-state index contributed by atoms with van der Waals surface area (Å²) in [7, 11) is 0. The molecule has 0 saturated carbocycles. The number of hydrogen-bond donors (Lipinski definition) is 1. The number of aromatic nitrogens is 2. The molecule has 140 valence electrons. The summed E-state index contributed by atoms with van der Waals surface area (Å²) in [5.41, 5.74) is 1.78. The molecule has 1 N–H and O–H groups in total. The van der Waals surface area contributed by atoms with Gasteiger partial charge < -0.3 is 19.4 Å². The van der Waals surface area contributed by atoms with E-state index in [0.717, 1.165) is 42.1 Å². The smallest absolute Gasteiger partial charge is 0.240 e. The van der Waals surface area contributed by atoms with E-state index in [1.54, 1.807) is 0 Å². The van der Waals surface area contributed by atoms with Crippen molar-refractivity contribution in [1.29, 1.82) is 0 Å².